The first-order valence-corrected chi connectivity index (χ1v) is 9.09. The number of carbonyl (C=O) groups excluding carboxylic acids is 2. The zero-order chi connectivity index (χ0) is 18.1. The monoisotopic (exact) mass is 336 g/mol. The van der Waals surface area contributed by atoms with Crippen molar-refractivity contribution in [3.8, 4) is 0 Å². The molecule has 0 aromatic rings. The van der Waals surface area contributed by atoms with Gasteiger partial charge in [-0.1, -0.05) is 41.0 Å². The van der Waals surface area contributed by atoms with E-state index in [1.165, 1.54) is 26.4 Å². The molecule has 24 heavy (non-hydrogen) atoms. The van der Waals surface area contributed by atoms with Gasteiger partial charge in [-0.05, 0) is 35.5 Å². The van der Waals surface area contributed by atoms with E-state index in [1.54, 1.807) is 4.90 Å². The summed E-state index contributed by atoms with van der Waals surface area (Å²) in [6.45, 7) is 11.1. The molecule has 2 aliphatic carbocycles. The van der Waals surface area contributed by atoms with E-state index in [0.717, 1.165) is 6.42 Å². The molecule has 3 unspecified atom stereocenters. The lowest BCUT2D eigenvalue weighted by Gasteiger charge is -2.33. The summed E-state index contributed by atoms with van der Waals surface area (Å²) >= 11 is 0. The smallest absolute Gasteiger partial charge is 0.328 e. The third-order valence-electron chi connectivity index (χ3n) is 7.77. The molecule has 5 nitrogen and oxygen atoms in total. The summed E-state index contributed by atoms with van der Waals surface area (Å²) in [6, 6.07) is -1.10. The molecule has 3 atom stereocenters. The Hall–Kier alpha value is -1.10. The molecule has 5 heteroatoms. The van der Waals surface area contributed by atoms with Crippen molar-refractivity contribution in [1.29, 1.82) is 0 Å². The summed E-state index contributed by atoms with van der Waals surface area (Å²) < 4.78 is 5.02. The van der Waals surface area contributed by atoms with Gasteiger partial charge in [0.1, 0.15) is 6.04 Å². The first-order chi connectivity index (χ1) is 11.0. The van der Waals surface area contributed by atoms with Crippen molar-refractivity contribution >= 4 is 11.9 Å². The Bertz CT molecular complexity index is 574. The van der Waals surface area contributed by atoms with Crippen molar-refractivity contribution in [2.75, 3.05) is 13.7 Å². The van der Waals surface area contributed by atoms with E-state index in [2.05, 4.69) is 13.8 Å². The van der Waals surface area contributed by atoms with Gasteiger partial charge >= 0.3 is 5.97 Å². The lowest BCUT2D eigenvalue weighted by molar-refractivity contribution is -0.152. The topological polar surface area (TPSA) is 72.6 Å². The first kappa shape index (κ1) is 17.7. The molecule has 136 valence electrons. The Kier molecular flexibility index (Phi) is 3.66. The molecule has 3 aliphatic rings. The normalized spacial score (nSPS) is 34.1. The van der Waals surface area contributed by atoms with Crippen molar-refractivity contribution in [1.82, 2.24) is 4.90 Å². The number of fused-ring (bicyclic) bond motifs is 1. The fourth-order valence-corrected chi connectivity index (χ4v) is 5.73. The fraction of sp³-hybridized carbons (Fsp3) is 0.895. The van der Waals surface area contributed by atoms with Gasteiger partial charge in [-0.2, -0.15) is 0 Å². The Morgan fingerprint density at radius 2 is 1.79 bits per heavy atom. The third kappa shape index (κ3) is 1.91. The molecule has 0 bridgehead atoms. The van der Waals surface area contributed by atoms with E-state index in [0.29, 0.717) is 12.0 Å². The van der Waals surface area contributed by atoms with Crippen molar-refractivity contribution in [3.05, 3.63) is 0 Å². The Morgan fingerprint density at radius 1 is 1.21 bits per heavy atom. The SMILES string of the molecule is COC(=O)C1CC2(CN1C(=O)C(N)C(C)(C)C)C(C)(C)C21CCC1. The number of rotatable bonds is 2. The Morgan fingerprint density at radius 3 is 2.17 bits per heavy atom. The van der Waals surface area contributed by atoms with E-state index < -0.39 is 12.1 Å². The molecular formula is C19H32N2O3. The van der Waals surface area contributed by atoms with E-state index in [-0.39, 0.29) is 28.1 Å². The quantitative estimate of drug-likeness (QED) is 0.786. The number of nitrogens with two attached hydrogens (primary N) is 1. The maximum Gasteiger partial charge on any atom is 0.328 e. The maximum atomic E-state index is 13.1. The highest BCUT2D eigenvalue weighted by Crippen LogP contribution is 2.88. The largest absolute Gasteiger partial charge is 0.467 e. The van der Waals surface area contributed by atoms with Crippen molar-refractivity contribution < 1.29 is 14.3 Å². The lowest BCUT2D eigenvalue weighted by Crippen LogP contribution is -2.53. The zero-order valence-corrected chi connectivity index (χ0v) is 15.9. The van der Waals surface area contributed by atoms with Gasteiger partial charge < -0.3 is 15.4 Å². The number of methoxy groups -OCH3 is 1. The molecule has 3 rings (SSSR count). The predicted molar refractivity (Wildman–Crippen MR) is 92.1 cm³/mol. The number of ether oxygens (including phenoxy) is 1. The van der Waals surface area contributed by atoms with E-state index >= 15 is 0 Å². The van der Waals surface area contributed by atoms with Crippen LogP contribution < -0.4 is 5.73 Å². The van der Waals surface area contributed by atoms with Crippen molar-refractivity contribution in [2.24, 2.45) is 27.4 Å². The predicted octanol–water partition coefficient (Wildman–Crippen LogP) is 2.33. The minimum absolute atomic E-state index is 0.0460. The van der Waals surface area contributed by atoms with Gasteiger partial charge in [0.2, 0.25) is 5.91 Å². The second-order valence-electron chi connectivity index (χ2n) is 9.70. The van der Waals surface area contributed by atoms with Gasteiger partial charge in [-0.3, -0.25) is 4.79 Å². The second-order valence-corrected chi connectivity index (χ2v) is 9.70. The molecule has 3 fully saturated rings. The van der Waals surface area contributed by atoms with Gasteiger partial charge in [-0.15, -0.1) is 0 Å². The van der Waals surface area contributed by atoms with Crippen LogP contribution in [0, 0.1) is 21.7 Å². The van der Waals surface area contributed by atoms with E-state index in [1.807, 2.05) is 20.8 Å². The average molecular weight is 336 g/mol. The number of nitrogens with zero attached hydrogens (tertiary/aromatic N) is 1. The number of likely N-dealkylation sites (tertiary alicyclic amines) is 1. The van der Waals surface area contributed by atoms with Gasteiger partial charge in [0.15, 0.2) is 0 Å². The van der Waals surface area contributed by atoms with Crippen molar-refractivity contribution in [3.63, 3.8) is 0 Å². The average Bonchev–Trinajstić information content (AvgIpc) is 2.71. The Labute approximate surface area is 145 Å². The number of esters is 1. The van der Waals surface area contributed by atoms with Crippen LogP contribution in [0.2, 0.25) is 0 Å². The number of hydrogen-bond donors (Lipinski definition) is 1. The highest BCUT2D eigenvalue weighted by atomic mass is 16.5. The third-order valence-corrected chi connectivity index (χ3v) is 7.77. The summed E-state index contributed by atoms with van der Waals surface area (Å²) in [6.07, 6.45) is 4.39. The summed E-state index contributed by atoms with van der Waals surface area (Å²) in [5.41, 5.74) is 6.41. The van der Waals surface area contributed by atoms with Gasteiger partial charge in [0.05, 0.1) is 13.2 Å². The van der Waals surface area contributed by atoms with E-state index in [9.17, 15) is 9.59 Å². The van der Waals surface area contributed by atoms with Crippen LogP contribution in [0.5, 0.6) is 0 Å². The first-order valence-electron chi connectivity index (χ1n) is 9.09. The van der Waals surface area contributed by atoms with Crippen molar-refractivity contribution in [2.45, 2.75) is 72.4 Å². The number of carbonyl (C=O) groups is 2. The summed E-state index contributed by atoms with van der Waals surface area (Å²) in [5.74, 6) is -0.426. The van der Waals surface area contributed by atoms with Crippen LogP contribution in [0.15, 0.2) is 0 Å². The summed E-state index contributed by atoms with van der Waals surface area (Å²) in [7, 11) is 1.40. The molecule has 0 aromatic heterocycles. The highest BCUT2D eigenvalue weighted by molar-refractivity contribution is 5.89. The zero-order valence-electron chi connectivity index (χ0n) is 15.9. The minimum Gasteiger partial charge on any atom is -0.467 e. The summed E-state index contributed by atoms with van der Waals surface area (Å²) in [4.78, 5) is 27.2. The molecule has 2 saturated carbocycles. The van der Waals surface area contributed by atoms with Crippen LogP contribution in [0.25, 0.3) is 0 Å². The molecular weight excluding hydrogens is 304 g/mol. The van der Waals surface area contributed by atoms with Gasteiger partial charge in [0, 0.05) is 12.0 Å². The van der Waals surface area contributed by atoms with Crippen LogP contribution in [0.1, 0.15) is 60.3 Å². The second kappa shape index (κ2) is 4.96. The van der Waals surface area contributed by atoms with Gasteiger partial charge in [-0.25, -0.2) is 4.79 Å². The van der Waals surface area contributed by atoms with Crippen LogP contribution in [0.3, 0.4) is 0 Å². The lowest BCUT2D eigenvalue weighted by atomic mass is 9.73. The minimum atomic E-state index is -0.612. The maximum absolute atomic E-state index is 13.1. The molecule has 2 spiro atoms. The molecule has 0 aromatic carbocycles. The highest BCUT2D eigenvalue weighted by Gasteiger charge is 2.85. The van der Waals surface area contributed by atoms with Gasteiger partial charge in [0.25, 0.3) is 0 Å². The standard InChI is InChI=1S/C19H32N2O3/c1-16(2,3)13(20)14(22)21-11-19(10-12(21)15(23)24-6)17(4,5)18(19)8-7-9-18/h12-13H,7-11,20H2,1-6H3. The van der Waals surface area contributed by atoms with Crippen LogP contribution >= 0.6 is 0 Å². The number of amides is 1. The van der Waals surface area contributed by atoms with Crippen LogP contribution in [-0.4, -0.2) is 42.5 Å². The van der Waals surface area contributed by atoms with Crippen LogP contribution in [0.4, 0.5) is 0 Å². The van der Waals surface area contributed by atoms with Crippen LogP contribution in [-0.2, 0) is 14.3 Å². The molecule has 1 aliphatic heterocycles. The molecule has 0 radical (unpaired) electrons. The molecule has 1 heterocycles. The van der Waals surface area contributed by atoms with E-state index in [4.69, 9.17) is 10.5 Å². The fourth-order valence-electron chi connectivity index (χ4n) is 5.73. The molecule has 2 N–H and O–H groups in total. The summed E-state index contributed by atoms with van der Waals surface area (Å²) in [5, 5.41) is 0. The molecule has 1 saturated heterocycles. The number of hydrogen-bond acceptors (Lipinski definition) is 4. The molecule has 1 amide bonds. The Balaban J connectivity index is 1.91.